The van der Waals surface area contributed by atoms with E-state index in [0.717, 1.165) is 18.8 Å². The molecule has 1 aliphatic heterocycles. The van der Waals surface area contributed by atoms with Gasteiger partial charge in [0.1, 0.15) is 5.75 Å². The lowest BCUT2D eigenvalue weighted by Crippen LogP contribution is -1.99. The number of hydrogen-bond donors (Lipinski definition) is 1. The Hall–Kier alpha value is -0.700. The van der Waals surface area contributed by atoms with Crippen LogP contribution in [0.1, 0.15) is 23.1 Å². The summed E-state index contributed by atoms with van der Waals surface area (Å²) < 4.78 is 7.04. The first-order chi connectivity index (χ1) is 7.33. The van der Waals surface area contributed by atoms with E-state index in [0.29, 0.717) is 0 Å². The third-order valence-corrected chi connectivity index (χ3v) is 4.36. The average molecular weight is 268 g/mol. The van der Waals surface area contributed by atoms with Gasteiger partial charge in [0.25, 0.3) is 0 Å². The molecule has 0 spiro atoms. The van der Waals surface area contributed by atoms with Crippen LogP contribution in [0, 0.1) is 0 Å². The summed E-state index contributed by atoms with van der Waals surface area (Å²) in [6, 6.07) is 0. The number of hydrogen-bond acceptors (Lipinski definition) is 2. The fraction of sp³-hybridized carbons (Fsp3) is 0.500. The van der Waals surface area contributed by atoms with E-state index in [4.69, 9.17) is 4.74 Å². The van der Waals surface area contributed by atoms with Gasteiger partial charge in [0.05, 0.1) is 12.3 Å². The van der Waals surface area contributed by atoms with Crippen molar-refractivity contribution in [1.29, 1.82) is 0 Å². The van der Waals surface area contributed by atoms with Gasteiger partial charge in [-0.2, -0.15) is 0 Å². The molecule has 2 nitrogen and oxygen atoms in total. The summed E-state index contributed by atoms with van der Waals surface area (Å²) in [7, 11) is 1.99. The summed E-state index contributed by atoms with van der Waals surface area (Å²) >= 11 is 3.74. The second-order valence-corrected chi connectivity index (χ2v) is 4.95. The number of anilines is 1. The smallest absolute Gasteiger partial charge is 0.147 e. The van der Waals surface area contributed by atoms with Gasteiger partial charge in [-0.05, 0) is 30.4 Å². The standard InChI is InChI=1S/C12H14BrNO/c1-14-11-8-4-2-3-7(8)10(13)9-5-6-15-12(9)11/h14H,2-6H2,1H3. The molecule has 0 bridgehead atoms. The molecule has 0 aromatic heterocycles. The topological polar surface area (TPSA) is 21.3 Å². The molecule has 1 aromatic rings. The average Bonchev–Trinajstić information content (AvgIpc) is 2.85. The molecular formula is C12H14BrNO. The van der Waals surface area contributed by atoms with E-state index in [9.17, 15) is 0 Å². The lowest BCUT2D eigenvalue weighted by Gasteiger charge is -2.15. The van der Waals surface area contributed by atoms with Crippen molar-refractivity contribution < 1.29 is 4.74 Å². The first kappa shape index (κ1) is 9.52. The number of fused-ring (bicyclic) bond motifs is 2. The monoisotopic (exact) mass is 267 g/mol. The van der Waals surface area contributed by atoms with Crippen molar-refractivity contribution in [3.8, 4) is 5.75 Å². The molecule has 15 heavy (non-hydrogen) atoms. The summed E-state index contributed by atoms with van der Waals surface area (Å²) in [5.41, 5.74) is 5.56. The quantitative estimate of drug-likeness (QED) is 0.845. The molecule has 0 saturated heterocycles. The highest BCUT2D eigenvalue weighted by molar-refractivity contribution is 9.10. The van der Waals surface area contributed by atoms with E-state index in [2.05, 4.69) is 21.2 Å². The Morgan fingerprint density at radius 2 is 1.93 bits per heavy atom. The third-order valence-electron chi connectivity index (χ3n) is 3.40. The summed E-state index contributed by atoms with van der Waals surface area (Å²) in [5, 5.41) is 3.31. The summed E-state index contributed by atoms with van der Waals surface area (Å²) in [6.45, 7) is 0.825. The molecule has 0 atom stereocenters. The highest BCUT2D eigenvalue weighted by Crippen LogP contribution is 2.46. The number of ether oxygens (including phenoxy) is 1. The fourth-order valence-corrected chi connectivity index (χ4v) is 3.55. The minimum atomic E-state index is 0.825. The number of nitrogens with one attached hydrogen (secondary N) is 1. The zero-order chi connectivity index (χ0) is 10.4. The van der Waals surface area contributed by atoms with E-state index >= 15 is 0 Å². The van der Waals surface area contributed by atoms with Gasteiger partial charge in [-0.25, -0.2) is 0 Å². The van der Waals surface area contributed by atoms with Crippen LogP contribution in [-0.2, 0) is 19.3 Å². The molecule has 1 aromatic carbocycles. The van der Waals surface area contributed by atoms with Crippen molar-refractivity contribution in [2.45, 2.75) is 25.7 Å². The van der Waals surface area contributed by atoms with E-state index < -0.39 is 0 Å². The Morgan fingerprint density at radius 1 is 1.13 bits per heavy atom. The first-order valence-electron chi connectivity index (χ1n) is 5.49. The summed E-state index contributed by atoms with van der Waals surface area (Å²) in [5.74, 6) is 1.09. The van der Waals surface area contributed by atoms with Gasteiger partial charge < -0.3 is 10.1 Å². The molecule has 1 N–H and O–H groups in total. The molecule has 3 heteroatoms. The van der Waals surface area contributed by atoms with Crippen LogP contribution >= 0.6 is 15.9 Å². The van der Waals surface area contributed by atoms with E-state index in [1.54, 1.807) is 0 Å². The maximum Gasteiger partial charge on any atom is 0.147 e. The Kier molecular flexibility index (Phi) is 2.16. The Bertz CT molecular complexity index is 393. The van der Waals surface area contributed by atoms with Crippen LogP contribution in [0.2, 0.25) is 0 Å². The molecular weight excluding hydrogens is 254 g/mol. The van der Waals surface area contributed by atoms with E-state index in [-0.39, 0.29) is 0 Å². The van der Waals surface area contributed by atoms with Crippen molar-refractivity contribution in [3.63, 3.8) is 0 Å². The predicted molar refractivity (Wildman–Crippen MR) is 64.9 cm³/mol. The predicted octanol–water partition coefficient (Wildman–Crippen LogP) is 2.91. The van der Waals surface area contributed by atoms with Gasteiger partial charge in [-0.15, -0.1) is 0 Å². The Labute approximate surface area is 98.1 Å². The maximum absolute atomic E-state index is 5.73. The van der Waals surface area contributed by atoms with Crippen molar-refractivity contribution in [3.05, 3.63) is 21.2 Å². The summed E-state index contributed by atoms with van der Waals surface area (Å²) in [6.07, 6.45) is 4.70. The second-order valence-electron chi connectivity index (χ2n) is 4.16. The molecule has 3 rings (SSSR count). The van der Waals surface area contributed by atoms with Gasteiger partial charge in [0.2, 0.25) is 0 Å². The lowest BCUT2D eigenvalue weighted by molar-refractivity contribution is 0.358. The SMILES string of the molecule is CNc1c2c(c(Br)c3c1OCC3)CCC2. The molecule has 80 valence electrons. The van der Waals surface area contributed by atoms with E-state index in [1.807, 2.05) is 7.05 Å². The largest absolute Gasteiger partial charge is 0.491 e. The van der Waals surface area contributed by atoms with Crippen molar-refractivity contribution in [1.82, 2.24) is 0 Å². The lowest BCUT2D eigenvalue weighted by atomic mass is 10.0. The molecule has 2 aliphatic rings. The van der Waals surface area contributed by atoms with Gasteiger partial charge in [-0.3, -0.25) is 0 Å². The number of benzene rings is 1. The third kappa shape index (κ3) is 1.22. The normalized spacial score (nSPS) is 17.2. The molecule has 1 heterocycles. The van der Waals surface area contributed by atoms with Gasteiger partial charge in [0, 0.05) is 23.5 Å². The van der Waals surface area contributed by atoms with Crippen LogP contribution < -0.4 is 10.1 Å². The van der Waals surface area contributed by atoms with Gasteiger partial charge in [-0.1, -0.05) is 15.9 Å². The van der Waals surface area contributed by atoms with Crippen LogP contribution in [0.25, 0.3) is 0 Å². The molecule has 0 unspecified atom stereocenters. The van der Waals surface area contributed by atoms with Crippen molar-refractivity contribution in [2.24, 2.45) is 0 Å². The van der Waals surface area contributed by atoms with Crippen LogP contribution in [0.5, 0.6) is 5.75 Å². The molecule has 0 radical (unpaired) electrons. The van der Waals surface area contributed by atoms with Crippen molar-refractivity contribution in [2.75, 3.05) is 19.0 Å². The van der Waals surface area contributed by atoms with E-state index in [1.165, 1.54) is 46.1 Å². The van der Waals surface area contributed by atoms with Gasteiger partial charge in [0.15, 0.2) is 0 Å². The highest BCUT2D eigenvalue weighted by atomic mass is 79.9. The zero-order valence-electron chi connectivity index (χ0n) is 8.82. The number of halogens is 1. The van der Waals surface area contributed by atoms with Gasteiger partial charge >= 0.3 is 0 Å². The second kappa shape index (κ2) is 3.41. The molecule has 0 fully saturated rings. The Balaban J connectivity index is 2.31. The summed E-state index contributed by atoms with van der Waals surface area (Å²) in [4.78, 5) is 0. The highest BCUT2D eigenvalue weighted by Gasteiger charge is 2.28. The molecule has 0 amide bonds. The minimum absolute atomic E-state index is 0.825. The molecule has 0 saturated carbocycles. The molecule has 1 aliphatic carbocycles. The zero-order valence-corrected chi connectivity index (χ0v) is 10.4. The van der Waals surface area contributed by atoms with Crippen LogP contribution in [-0.4, -0.2) is 13.7 Å². The van der Waals surface area contributed by atoms with Crippen LogP contribution in [0.4, 0.5) is 5.69 Å². The van der Waals surface area contributed by atoms with Crippen LogP contribution in [0.3, 0.4) is 0 Å². The minimum Gasteiger partial charge on any atom is -0.491 e. The number of rotatable bonds is 1. The first-order valence-corrected chi connectivity index (χ1v) is 6.29. The Morgan fingerprint density at radius 3 is 2.73 bits per heavy atom. The van der Waals surface area contributed by atoms with Crippen molar-refractivity contribution >= 4 is 21.6 Å². The maximum atomic E-state index is 5.73. The fourth-order valence-electron chi connectivity index (χ4n) is 2.73. The van der Waals surface area contributed by atoms with Crippen LogP contribution in [0.15, 0.2) is 4.47 Å².